The lowest BCUT2D eigenvalue weighted by Crippen LogP contribution is -2.24. The van der Waals surface area contributed by atoms with E-state index < -0.39 is 0 Å². The van der Waals surface area contributed by atoms with E-state index in [1.54, 1.807) is 24.9 Å². The van der Waals surface area contributed by atoms with Crippen molar-refractivity contribution in [3.63, 3.8) is 0 Å². The maximum absolute atomic E-state index is 11.4. The standard InChI is InChI=1S/C12H17N3OS2/c1-9-7-11(16)14(2)13-10(9)8-18-12(17)15-5-3-4-6-15/h7H,3-6,8H2,1-2H3. The fourth-order valence-electron chi connectivity index (χ4n) is 1.93. The van der Waals surface area contributed by atoms with Crippen LogP contribution in [0.25, 0.3) is 0 Å². The van der Waals surface area contributed by atoms with Crippen LogP contribution in [-0.4, -0.2) is 32.1 Å². The number of aryl methyl sites for hydroxylation is 2. The molecule has 2 heterocycles. The molecule has 1 aromatic heterocycles. The molecule has 1 aliphatic heterocycles. The summed E-state index contributed by atoms with van der Waals surface area (Å²) in [5, 5.41) is 4.28. The molecule has 0 aromatic carbocycles. The number of thiocarbonyl (C=S) groups is 1. The maximum Gasteiger partial charge on any atom is 0.266 e. The summed E-state index contributed by atoms with van der Waals surface area (Å²) < 4.78 is 2.32. The molecule has 0 amide bonds. The number of hydrogen-bond donors (Lipinski definition) is 0. The van der Waals surface area contributed by atoms with Crippen LogP contribution >= 0.6 is 24.0 Å². The molecule has 0 spiro atoms. The van der Waals surface area contributed by atoms with Gasteiger partial charge in [0.1, 0.15) is 4.32 Å². The highest BCUT2D eigenvalue weighted by Gasteiger charge is 2.15. The summed E-state index contributed by atoms with van der Waals surface area (Å²) in [6.45, 7) is 4.07. The van der Waals surface area contributed by atoms with Crippen molar-refractivity contribution in [3.05, 3.63) is 27.7 Å². The molecule has 1 saturated heterocycles. The molecule has 0 aliphatic carbocycles. The van der Waals surface area contributed by atoms with Gasteiger partial charge in [-0.05, 0) is 25.3 Å². The molecule has 4 nitrogen and oxygen atoms in total. The van der Waals surface area contributed by atoms with Crippen molar-refractivity contribution in [1.29, 1.82) is 0 Å². The first kappa shape index (κ1) is 13.5. The predicted octanol–water partition coefficient (Wildman–Crippen LogP) is 1.70. The van der Waals surface area contributed by atoms with Crippen LogP contribution < -0.4 is 5.56 Å². The van der Waals surface area contributed by atoms with Gasteiger partial charge in [0.15, 0.2) is 0 Å². The van der Waals surface area contributed by atoms with Crippen molar-refractivity contribution in [3.8, 4) is 0 Å². The van der Waals surface area contributed by atoms with E-state index in [-0.39, 0.29) is 5.56 Å². The van der Waals surface area contributed by atoms with Crippen molar-refractivity contribution in [2.45, 2.75) is 25.5 Å². The predicted molar refractivity (Wildman–Crippen MR) is 78.9 cm³/mol. The van der Waals surface area contributed by atoms with Crippen LogP contribution in [-0.2, 0) is 12.8 Å². The molecular weight excluding hydrogens is 266 g/mol. The number of hydrogen-bond acceptors (Lipinski definition) is 4. The third-order valence-electron chi connectivity index (χ3n) is 3.08. The van der Waals surface area contributed by atoms with Crippen molar-refractivity contribution >= 4 is 28.3 Å². The van der Waals surface area contributed by atoms with E-state index in [2.05, 4.69) is 10.00 Å². The summed E-state index contributed by atoms with van der Waals surface area (Å²) >= 11 is 7.04. The summed E-state index contributed by atoms with van der Waals surface area (Å²) in [4.78, 5) is 13.6. The summed E-state index contributed by atoms with van der Waals surface area (Å²) in [5.41, 5.74) is 1.81. The summed E-state index contributed by atoms with van der Waals surface area (Å²) in [7, 11) is 1.68. The number of thioether (sulfide) groups is 1. The van der Waals surface area contributed by atoms with Gasteiger partial charge in [-0.25, -0.2) is 4.68 Å². The van der Waals surface area contributed by atoms with Crippen LogP contribution in [0.1, 0.15) is 24.1 Å². The van der Waals surface area contributed by atoms with Crippen molar-refractivity contribution in [2.75, 3.05) is 13.1 Å². The molecule has 98 valence electrons. The lowest BCUT2D eigenvalue weighted by atomic mass is 10.2. The maximum atomic E-state index is 11.4. The zero-order valence-electron chi connectivity index (χ0n) is 10.7. The SMILES string of the molecule is Cc1cc(=O)n(C)nc1CSC(=S)N1CCCC1. The van der Waals surface area contributed by atoms with Gasteiger partial charge in [0.25, 0.3) is 5.56 Å². The molecule has 2 rings (SSSR count). The molecule has 18 heavy (non-hydrogen) atoms. The highest BCUT2D eigenvalue weighted by atomic mass is 32.2. The Hall–Kier alpha value is -0.880. The Kier molecular flexibility index (Phi) is 4.40. The quantitative estimate of drug-likeness (QED) is 0.773. The Morgan fingerprint density at radius 2 is 2.17 bits per heavy atom. The van der Waals surface area contributed by atoms with Crippen LogP contribution in [0.15, 0.2) is 10.9 Å². The molecular formula is C12H17N3OS2. The Labute approximate surface area is 116 Å². The highest BCUT2D eigenvalue weighted by Crippen LogP contribution is 2.20. The number of likely N-dealkylation sites (tertiary alicyclic amines) is 1. The van der Waals surface area contributed by atoms with Crippen LogP contribution in [0.3, 0.4) is 0 Å². The van der Waals surface area contributed by atoms with Gasteiger partial charge in [0, 0.05) is 32.0 Å². The van der Waals surface area contributed by atoms with Crippen molar-refractivity contribution in [2.24, 2.45) is 7.05 Å². The molecule has 1 aliphatic rings. The van der Waals surface area contributed by atoms with E-state index in [0.717, 1.165) is 34.4 Å². The van der Waals surface area contributed by atoms with Gasteiger partial charge in [-0.1, -0.05) is 24.0 Å². The first-order chi connectivity index (χ1) is 8.58. The van der Waals surface area contributed by atoms with Crippen molar-refractivity contribution < 1.29 is 0 Å². The minimum atomic E-state index is -0.0663. The molecule has 0 N–H and O–H groups in total. The smallest absolute Gasteiger partial charge is 0.266 e. The van der Waals surface area contributed by atoms with Crippen molar-refractivity contribution in [1.82, 2.24) is 14.7 Å². The van der Waals surface area contributed by atoms with Crippen LogP contribution in [0.4, 0.5) is 0 Å². The van der Waals surface area contributed by atoms with E-state index in [1.165, 1.54) is 17.5 Å². The van der Waals surface area contributed by atoms with E-state index in [0.29, 0.717) is 0 Å². The van der Waals surface area contributed by atoms with Crippen LogP contribution in [0, 0.1) is 6.92 Å². The number of nitrogens with zero attached hydrogens (tertiary/aromatic N) is 3. The van der Waals surface area contributed by atoms with E-state index in [9.17, 15) is 4.79 Å². The molecule has 0 bridgehead atoms. The second-order valence-electron chi connectivity index (χ2n) is 4.48. The molecule has 0 unspecified atom stereocenters. The molecule has 1 fully saturated rings. The molecule has 0 atom stereocenters. The second-order valence-corrected chi connectivity index (χ2v) is 6.09. The fraction of sp³-hybridized carbons (Fsp3) is 0.583. The third-order valence-corrected chi connectivity index (χ3v) is 4.62. The average Bonchev–Trinajstić information content (AvgIpc) is 2.85. The number of aromatic nitrogens is 2. The first-order valence-corrected chi connectivity index (χ1v) is 7.43. The topological polar surface area (TPSA) is 38.1 Å². The monoisotopic (exact) mass is 283 g/mol. The van der Waals surface area contributed by atoms with Crippen LogP contribution in [0.2, 0.25) is 0 Å². The number of rotatable bonds is 2. The summed E-state index contributed by atoms with van der Waals surface area (Å²) in [5.74, 6) is 0.731. The lowest BCUT2D eigenvalue weighted by molar-refractivity contribution is 0.539. The van der Waals surface area contributed by atoms with Crippen LogP contribution in [0.5, 0.6) is 0 Å². The first-order valence-electron chi connectivity index (χ1n) is 6.03. The van der Waals surface area contributed by atoms with Gasteiger partial charge >= 0.3 is 0 Å². The Balaban J connectivity index is 1.99. The van der Waals surface area contributed by atoms with E-state index >= 15 is 0 Å². The molecule has 0 radical (unpaired) electrons. The lowest BCUT2D eigenvalue weighted by Gasteiger charge is -2.17. The zero-order valence-corrected chi connectivity index (χ0v) is 12.3. The van der Waals surface area contributed by atoms with E-state index in [1.807, 2.05) is 6.92 Å². The minimum Gasteiger partial charge on any atom is -0.358 e. The molecule has 0 saturated carbocycles. The normalized spacial score (nSPS) is 15.1. The minimum absolute atomic E-state index is 0.0663. The average molecular weight is 283 g/mol. The van der Waals surface area contributed by atoms with E-state index in [4.69, 9.17) is 12.2 Å². The fourth-order valence-corrected chi connectivity index (χ4v) is 3.21. The largest absolute Gasteiger partial charge is 0.358 e. The highest BCUT2D eigenvalue weighted by molar-refractivity contribution is 8.22. The van der Waals surface area contributed by atoms with Gasteiger partial charge in [-0.3, -0.25) is 4.79 Å². The van der Waals surface area contributed by atoms with Gasteiger partial charge < -0.3 is 4.90 Å². The third kappa shape index (κ3) is 3.11. The van der Waals surface area contributed by atoms with Gasteiger partial charge in [-0.2, -0.15) is 5.10 Å². The second kappa shape index (κ2) is 5.84. The Morgan fingerprint density at radius 3 is 2.83 bits per heavy atom. The Morgan fingerprint density at radius 1 is 1.50 bits per heavy atom. The zero-order chi connectivity index (χ0) is 13.1. The Bertz CT molecular complexity index is 507. The summed E-state index contributed by atoms with van der Waals surface area (Å²) in [6.07, 6.45) is 2.47. The molecule has 1 aromatic rings. The summed E-state index contributed by atoms with van der Waals surface area (Å²) in [6, 6.07) is 1.63. The van der Waals surface area contributed by atoms with Gasteiger partial charge in [0.05, 0.1) is 5.69 Å². The van der Waals surface area contributed by atoms with Gasteiger partial charge in [0.2, 0.25) is 0 Å². The van der Waals surface area contributed by atoms with Gasteiger partial charge in [-0.15, -0.1) is 0 Å². The molecule has 6 heteroatoms.